The fourth-order valence-corrected chi connectivity index (χ4v) is 9.19. The van der Waals surface area contributed by atoms with Crippen LogP contribution in [0.4, 0.5) is 0 Å². The largest absolute Gasteiger partial charge is 0.460 e. The highest BCUT2D eigenvalue weighted by Crippen LogP contribution is 2.56. The molecule has 8 aromatic rings. The van der Waals surface area contributed by atoms with Gasteiger partial charge in [0.1, 0.15) is 22.5 Å². The quantitative estimate of drug-likeness (QED) is 0.193. The molecule has 0 saturated heterocycles. The maximum atomic E-state index is 6.64. The molecule has 230 valence electrons. The van der Waals surface area contributed by atoms with E-state index in [0.717, 1.165) is 48.2 Å². The van der Waals surface area contributed by atoms with Crippen molar-refractivity contribution in [2.75, 3.05) is 0 Å². The zero-order valence-corrected chi connectivity index (χ0v) is 27.1. The summed E-state index contributed by atoms with van der Waals surface area (Å²) in [5.41, 5.74) is 16.0. The molecule has 11 rings (SSSR count). The van der Waals surface area contributed by atoms with Crippen molar-refractivity contribution in [1.82, 2.24) is 4.57 Å². The number of furan rings is 2. The number of hydrogen-bond acceptors (Lipinski definition) is 2. The van der Waals surface area contributed by atoms with Crippen molar-refractivity contribution in [1.29, 1.82) is 0 Å². The average molecular weight is 620 g/mol. The third-order valence-corrected chi connectivity index (χ3v) is 11.4. The van der Waals surface area contributed by atoms with Crippen LogP contribution in [0.15, 0.2) is 129 Å². The molecule has 3 aliphatic rings. The van der Waals surface area contributed by atoms with Crippen molar-refractivity contribution in [2.45, 2.75) is 44.9 Å². The van der Waals surface area contributed by atoms with Gasteiger partial charge in [0, 0.05) is 55.6 Å². The van der Waals surface area contributed by atoms with Gasteiger partial charge in [-0.15, -0.1) is 0 Å². The van der Waals surface area contributed by atoms with E-state index in [9.17, 15) is 0 Å². The first-order valence-electron chi connectivity index (χ1n) is 17.2. The molecule has 0 radical (unpaired) electrons. The Kier molecular flexibility index (Phi) is 5.13. The third kappa shape index (κ3) is 3.38. The van der Waals surface area contributed by atoms with Gasteiger partial charge in [0.05, 0.1) is 11.0 Å². The second-order valence-corrected chi connectivity index (χ2v) is 14.3. The van der Waals surface area contributed by atoms with Crippen LogP contribution in [0.3, 0.4) is 0 Å². The van der Waals surface area contributed by atoms with Crippen molar-refractivity contribution in [2.24, 2.45) is 0 Å². The lowest BCUT2D eigenvalue weighted by Gasteiger charge is -2.22. The van der Waals surface area contributed by atoms with Gasteiger partial charge in [0.2, 0.25) is 0 Å². The smallest absolute Gasteiger partial charge is 0.140 e. The molecule has 48 heavy (non-hydrogen) atoms. The molecule has 0 unspecified atom stereocenters. The van der Waals surface area contributed by atoms with E-state index in [1.807, 2.05) is 0 Å². The Morgan fingerprint density at radius 2 is 1.38 bits per heavy atom. The zero-order chi connectivity index (χ0) is 31.7. The van der Waals surface area contributed by atoms with E-state index in [1.165, 1.54) is 82.6 Å². The van der Waals surface area contributed by atoms with E-state index < -0.39 is 0 Å². The summed E-state index contributed by atoms with van der Waals surface area (Å²) in [7, 11) is 0. The van der Waals surface area contributed by atoms with Gasteiger partial charge in [-0.1, -0.05) is 86.7 Å². The molecule has 0 saturated carbocycles. The second kappa shape index (κ2) is 9.29. The minimum atomic E-state index is -0.198. The first-order chi connectivity index (χ1) is 23.6. The minimum absolute atomic E-state index is 0.198. The summed E-state index contributed by atoms with van der Waals surface area (Å²) in [6, 6.07) is 35.2. The van der Waals surface area contributed by atoms with Crippen LogP contribution in [0.1, 0.15) is 55.6 Å². The maximum Gasteiger partial charge on any atom is 0.140 e. The molecular formula is C45H33NO2. The van der Waals surface area contributed by atoms with Crippen molar-refractivity contribution < 1.29 is 8.83 Å². The van der Waals surface area contributed by atoms with Gasteiger partial charge >= 0.3 is 0 Å². The molecule has 0 N–H and O–H groups in total. The Labute approximate surface area is 278 Å². The van der Waals surface area contributed by atoms with E-state index >= 15 is 0 Å². The highest BCUT2D eigenvalue weighted by molar-refractivity contribution is 6.20. The lowest BCUT2D eigenvalue weighted by atomic mass is 9.81. The third-order valence-electron chi connectivity index (χ3n) is 11.4. The van der Waals surface area contributed by atoms with E-state index in [-0.39, 0.29) is 5.41 Å². The zero-order valence-electron chi connectivity index (χ0n) is 27.1. The van der Waals surface area contributed by atoms with Crippen LogP contribution in [-0.4, -0.2) is 4.57 Å². The van der Waals surface area contributed by atoms with Crippen LogP contribution < -0.4 is 0 Å². The van der Waals surface area contributed by atoms with Gasteiger partial charge in [-0.05, 0) is 89.6 Å². The van der Waals surface area contributed by atoms with E-state index in [1.54, 1.807) is 0 Å². The Hall–Kier alpha value is -5.54. The van der Waals surface area contributed by atoms with E-state index in [4.69, 9.17) is 8.83 Å². The SMILES string of the molecule is CC1(C)c2ccc3c(c2-c2ccc4c(oc5ccccc54)c21)c1ccccc1n3C1=CCCC(C2=Cc3c(oc4ccccc34)CC2)=C1. The lowest BCUT2D eigenvalue weighted by Crippen LogP contribution is -2.15. The number of rotatable bonds is 2. The number of para-hydroxylation sites is 3. The van der Waals surface area contributed by atoms with Crippen molar-refractivity contribution in [3.8, 4) is 11.1 Å². The highest BCUT2D eigenvalue weighted by atomic mass is 16.3. The predicted molar refractivity (Wildman–Crippen MR) is 198 cm³/mol. The number of aromatic nitrogens is 1. The molecule has 0 bridgehead atoms. The summed E-state index contributed by atoms with van der Waals surface area (Å²) in [5.74, 6) is 1.12. The molecule has 3 aliphatic carbocycles. The molecule has 5 aromatic carbocycles. The van der Waals surface area contributed by atoms with Crippen LogP contribution >= 0.6 is 0 Å². The molecule has 0 amide bonds. The molecule has 0 aliphatic heterocycles. The van der Waals surface area contributed by atoms with Gasteiger partial charge in [-0.3, -0.25) is 0 Å². The van der Waals surface area contributed by atoms with E-state index in [2.05, 4.69) is 134 Å². The second-order valence-electron chi connectivity index (χ2n) is 14.3. The summed E-state index contributed by atoms with van der Waals surface area (Å²) in [6.07, 6.45) is 11.3. The Morgan fingerprint density at radius 3 is 2.25 bits per heavy atom. The van der Waals surface area contributed by atoms with Gasteiger partial charge in [-0.2, -0.15) is 0 Å². The van der Waals surface area contributed by atoms with E-state index in [0.29, 0.717) is 0 Å². The van der Waals surface area contributed by atoms with Gasteiger partial charge in [-0.25, -0.2) is 0 Å². The Balaban J connectivity index is 1.12. The number of allylic oxidation sites excluding steroid dienone is 5. The van der Waals surface area contributed by atoms with Crippen LogP contribution in [-0.2, 0) is 11.8 Å². The molecule has 3 heteroatoms. The van der Waals surface area contributed by atoms with Gasteiger partial charge in [0.25, 0.3) is 0 Å². The number of fused-ring (bicyclic) bond motifs is 14. The Morgan fingerprint density at radius 1 is 0.625 bits per heavy atom. The fourth-order valence-electron chi connectivity index (χ4n) is 9.19. The van der Waals surface area contributed by atoms with Gasteiger partial charge in [0.15, 0.2) is 0 Å². The highest BCUT2D eigenvalue weighted by Gasteiger charge is 2.40. The summed E-state index contributed by atoms with van der Waals surface area (Å²) < 4.78 is 15.4. The summed E-state index contributed by atoms with van der Waals surface area (Å²) in [4.78, 5) is 0. The van der Waals surface area contributed by atoms with Gasteiger partial charge < -0.3 is 13.4 Å². The molecule has 0 spiro atoms. The minimum Gasteiger partial charge on any atom is -0.460 e. The van der Waals surface area contributed by atoms with Crippen molar-refractivity contribution >= 4 is 66.5 Å². The molecular weight excluding hydrogens is 587 g/mol. The number of hydrogen-bond donors (Lipinski definition) is 0. The maximum absolute atomic E-state index is 6.64. The Bertz CT molecular complexity index is 2810. The molecule has 3 aromatic heterocycles. The number of benzene rings is 5. The van der Waals surface area contributed by atoms with Crippen LogP contribution in [0.2, 0.25) is 0 Å². The number of aryl methyl sites for hydroxylation is 1. The first-order valence-corrected chi connectivity index (χ1v) is 17.2. The predicted octanol–water partition coefficient (Wildman–Crippen LogP) is 12.3. The summed E-state index contributed by atoms with van der Waals surface area (Å²) in [5, 5.41) is 6.22. The average Bonchev–Trinajstić information content (AvgIpc) is 3.84. The molecule has 0 atom stereocenters. The van der Waals surface area contributed by atoms with Crippen molar-refractivity contribution in [3.63, 3.8) is 0 Å². The summed E-state index contributed by atoms with van der Waals surface area (Å²) in [6.45, 7) is 4.72. The first kappa shape index (κ1) is 26.5. The van der Waals surface area contributed by atoms with Crippen LogP contribution in [0, 0.1) is 0 Å². The normalized spacial score (nSPS) is 16.8. The lowest BCUT2D eigenvalue weighted by molar-refractivity contribution is 0.543. The molecule has 3 nitrogen and oxygen atoms in total. The standard InChI is InChI=1S/C45H33NO2/c1-45(2)35-21-22-37-42(41(35)33-20-19-31-29-12-4-8-17-39(29)48-44(31)43(33)45)32-14-3-6-15-36(32)46(37)28-11-9-10-26(24-28)27-18-23-40-34(25-27)30-13-5-7-16-38(30)47-40/h3-8,11-17,19-22,24-25H,9-10,18,23H2,1-2H3. The molecule has 0 fully saturated rings. The number of nitrogens with zero attached hydrogens (tertiary/aromatic N) is 1. The fraction of sp³-hybridized carbons (Fsp3) is 0.156. The van der Waals surface area contributed by atoms with Crippen LogP contribution in [0.5, 0.6) is 0 Å². The topological polar surface area (TPSA) is 31.2 Å². The summed E-state index contributed by atoms with van der Waals surface area (Å²) >= 11 is 0. The van der Waals surface area contributed by atoms with Crippen molar-refractivity contribution in [3.05, 3.63) is 143 Å². The van der Waals surface area contributed by atoms with Crippen LogP contribution in [0.25, 0.3) is 77.6 Å². The molecule has 3 heterocycles. The monoisotopic (exact) mass is 619 g/mol.